The maximum atomic E-state index is 12.3. The Labute approximate surface area is 110 Å². The Kier molecular flexibility index (Phi) is 4.31. The highest BCUT2D eigenvalue weighted by molar-refractivity contribution is 7.87. The van der Waals surface area contributed by atoms with Gasteiger partial charge >= 0.3 is 0 Å². The van der Waals surface area contributed by atoms with Crippen molar-refractivity contribution in [2.45, 2.75) is 45.1 Å². The monoisotopic (exact) mass is 275 g/mol. The van der Waals surface area contributed by atoms with Gasteiger partial charge in [-0.25, -0.2) is 0 Å². The van der Waals surface area contributed by atoms with E-state index in [0.717, 1.165) is 38.8 Å². The van der Waals surface area contributed by atoms with Gasteiger partial charge in [0, 0.05) is 18.6 Å². The molecule has 0 aromatic carbocycles. The highest BCUT2D eigenvalue weighted by Gasteiger charge is 2.43. The van der Waals surface area contributed by atoms with Crippen LogP contribution in [0.4, 0.5) is 0 Å². The first-order valence-electron chi connectivity index (χ1n) is 6.95. The molecule has 6 heteroatoms. The molecule has 2 rings (SSSR count). The largest absolute Gasteiger partial charge is 0.317 e. The van der Waals surface area contributed by atoms with Crippen molar-refractivity contribution in [2.24, 2.45) is 5.92 Å². The van der Waals surface area contributed by atoms with Crippen molar-refractivity contribution in [1.82, 2.24) is 14.3 Å². The Hall–Kier alpha value is -0.170. The van der Waals surface area contributed by atoms with Crippen LogP contribution in [-0.4, -0.2) is 44.4 Å². The van der Waals surface area contributed by atoms with Crippen molar-refractivity contribution in [1.29, 1.82) is 0 Å². The van der Waals surface area contributed by atoms with Gasteiger partial charge in [0.1, 0.15) is 0 Å². The summed E-state index contributed by atoms with van der Waals surface area (Å²) in [6.45, 7) is 7.23. The van der Waals surface area contributed by atoms with Crippen LogP contribution in [0.2, 0.25) is 0 Å². The van der Waals surface area contributed by atoms with Gasteiger partial charge in [0.2, 0.25) is 0 Å². The molecule has 0 bridgehead atoms. The first-order valence-corrected chi connectivity index (χ1v) is 8.39. The van der Waals surface area contributed by atoms with Crippen molar-refractivity contribution >= 4 is 10.2 Å². The third-order valence-electron chi connectivity index (χ3n) is 3.88. The molecule has 0 aromatic rings. The van der Waals surface area contributed by atoms with Crippen LogP contribution in [0.1, 0.15) is 39.5 Å². The number of hydrogen-bond acceptors (Lipinski definition) is 3. The van der Waals surface area contributed by atoms with E-state index in [2.05, 4.69) is 17.0 Å². The van der Waals surface area contributed by atoms with E-state index in [9.17, 15) is 8.42 Å². The molecular formula is C12H25N3O2S. The molecule has 5 nitrogen and oxygen atoms in total. The van der Waals surface area contributed by atoms with E-state index in [1.54, 1.807) is 4.31 Å². The van der Waals surface area contributed by atoms with Gasteiger partial charge in [0.25, 0.3) is 10.2 Å². The second-order valence-electron chi connectivity index (χ2n) is 5.84. The van der Waals surface area contributed by atoms with Crippen molar-refractivity contribution < 1.29 is 8.42 Å². The zero-order valence-electron chi connectivity index (χ0n) is 11.4. The summed E-state index contributed by atoms with van der Waals surface area (Å²) in [5.74, 6) is 0.447. The van der Waals surface area contributed by atoms with E-state index in [1.807, 2.05) is 6.92 Å². The minimum atomic E-state index is -3.28. The van der Waals surface area contributed by atoms with Crippen LogP contribution in [-0.2, 0) is 10.2 Å². The molecule has 1 unspecified atom stereocenters. The van der Waals surface area contributed by atoms with E-state index in [0.29, 0.717) is 19.0 Å². The SMILES string of the molecule is CCNCC1CCCN(S(=O)(=O)NC2(C)CC2)C1. The molecule has 2 N–H and O–H groups in total. The predicted molar refractivity (Wildman–Crippen MR) is 72.5 cm³/mol. The van der Waals surface area contributed by atoms with E-state index in [-0.39, 0.29) is 5.54 Å². The van der Waals surface area contributed by atoms with Crippen molar-refractivity contribution in [3.05, 3.63) is 0 Å². The standard InChI is InChI=1S/C12H25N3O2S/c1-3-13-9-11-5-4-8-15(10-11)18(16,17)14-12(2)6-7-12/h11,13-14H,3-10H2,1-2H3. The molecule has 1 heterocycles. The Morgan fingerprint density at radius 2 is 2.11 bits per heavy atom. The molecule has 2 aliphatic rings. The summed E-state index contributed by atoms with van der Waals surface area (Å²) in [4.78, 5) is 0. The third-order valence-corrected chi connectivity index (χ3v) is 5.64. The summed E-state index contributed by atoms with van der Waals surface area (Å²) >= 11 is 0. The number of hydrogen-bond donors (Lipinski definition) is 2. The van der Waals surface area contributed by atoms with Crippen LogP contribution in [0, 0.1) is 5.92 Å². The fraction of sp³-hybridized carbons (Fsp3) is 1.00. The number of piperidine rings is 1. The molecule has 1 aliphatic carbocycles. The normalized spacial score (nSPS) is 28.2. The van der Waals surface area contributed by atoms with Gasteiger partial charge in [-0.15, -0.1) is 0 Å². The van der Waals surface area contributed by atoms with Gasteiger partial charge in [0.15, 0.2) is 0 Å². The number of rotatable bonds is 6. The van der Waals surface area contributed by atoms with E-state index in [1.165, 1.54) is 0 Å². The summed E-state index contributed by atoms with van der Waals surface area (Å²) in [5, 5.41) is 3.31. The fourth-order valence-electron chi connectivity index (χ4n) is 2.43. The van der Waals surface area contributed by atoms with Gasteiger partial charge in [-0.2, -0.15) is 17.4 Å². The quantitative estimate of drug-likeness (QED) is 0.750. The zero-order chi connectivity index (χ0) is 13.2. The Balaban J connectivity index is 1.91. The lowest BCUT2D eigenvalue weighted by Crippen LogP contribution is -2.50. The molecule has 1 atom stereocenters. The van der Waals surface area contributed by atoms with Gasteiger partial charge in [0.05, 0.1) is 0 Å². The van der Waals surface area contributed by atoms with E-state index >= 15 is 0 Å². The second-order valence-corrected chi connectivity index (χ2v) is 7.51. The van der Waals surface area contributed by atoms with Gasteiger partial charge in [-0.3, -0.25) is 0 Å². The topological polar surface area (TPSA) is 61.4 Å². The summed E-state index contributed by atoms with van der Waals surface area (Å²) in [5.41, 5.74) is -0.173. The smallest absolute Gasteiger partial charge is 0.279 e. The van der Waals surface area contributed by atoms with Gasteiger partial charge in [-0.1, -0.05) is 6.92 Å². The lowest BCUT2D eigenvalue weighted by Gasteiger charge is -2.32. The fourth-order valence-corrected chi connectivity index (χ4v) is 4.16. The summed E-state index contributed by atoms with van der Waals surface area (Å²) in [6.07, 6.45) is 4.01. The molecule has 18 heavy (non-hydrogen) atoms. The molecule has 1 saturated heterocycles. The van der Waals surface area contributed by atoms with Crippen molar-refractivity contribution in [3.63, 3.8) is 0 Å². The Bertz CT molecular complexity index is 379. The van der Waals surface area contributed by atoms with Crippen LogP contribution in [0.25, 0.3) is 0 Å². The van der Waals surface area contributed by atoms with E-state index < -0.39 is 10.2 Å². The third kappa shape index (κ3) is 3.66. The lowest BCUT2D eigenvalue weighted by molar-refractivity contribution is 0.257. The zero-order valence-corrected chi connectivity index (χ0v) is 12.2. The number of nitrogens with zero attached hydrogens (tertiary/aromatic N) is 1. The van der Waals surface area contributed by atoms with Gasteiger partial charge in [-0.05, 0) is 51.6 Å². The van der Waals surface area contributed by atoms with E-state index in [4.69, 9.17) is 0 Å². The average Bonchev–Trinajstić information content (AvgIpc) is 3.03. The minimum Gasteiger partial charge on any atom is -0.317 e. The summed E-state index contributed by atoms with van der Waals surface area (Å²) in [6, 6.07) is 0. The molecule has 2 fully saturated rings. The molecule has 106 valence electrons. The highest BCUT2D eigenvalue weighted by Crippen LogP contribution is 2.35. The highest BCUT2D eigenvalue weighted by atomic mass is 32.2. The summed E-state index contributed by atoms with van der Waals surface area (Å²) < 4.78 is 29.0. The minimum absolute atomic E-state index is 0.173. The first kappa shape index (κ1) is 14.2. The molecule has 0 spiro atoms. The Morgan fingerprint density at radius 3 is 2.72 bits per heavy atom. The maximum absolute atomic E-state index is 12.3. The van der Waals surface area contributed by atoms with Crippen LogP contribution < -0.4 is 10.0 Å². The lowest BCUT2D eigenvalue weighted by atomic mass is 10.00. The number of nitrogens with one attached hydrogen (secondary N) is 2. The van der Waals surface area contributed by atoms with Crippen LogP contribution in [0.3, 0.4) is 0 Å². The van der Waals surface area contributed by atoms with Crippen LogP contribution in [0.15, 0.2) is 0 Å². The molecule has 1 aliphatic heterocycles. The van der Waals surface area contributed by atoms with Crippen LogP contribution >= 0.6 is 0 Å². The molecule has 0 radical (unpaired) electrons. The van der Waals surface area contributed by atoms with Gasteiger partial charge < -0.3 is 5.32 Å². The molecule has 1 saturated carbocycles. The van der Waals surface area contributed by atoms with Crippen molar-refractivity contribution in [3.8, 4) is 0 Å². The molecular weight excluding hydrogens is 250 g/mol. The van der Waals surface area contributed by atoms with Crippen molar-refractivity contribution in [2.75, 3.05) is 26.2 Å². The Morgan fingerprint density at radius 1 is 1.39 bits per heavy atom. The van der Waals surface area contributed by atoms with Crippen LogP contribution in [0.5, 0.6) is 0 Å². The molecule has 0 amide bonds. The maximum Gasteiger partial charge on any atom is 0.279 e. The second kappa shape index (κ2) is 5.45. The first-order chi connectivity index (χ1) is 8.45. The molecule has 0 aromatic heterocycles. The predicted octanol–water partition coefficient (Wildman–Crippen LogP) is 0.695. The summed E-state index contributed by atoms with van der Waals surface area (Å²) in [7, 11) is -3.28. The average molecular weight is 275 g/mol.